The number of hydrogen-bond donors (Lipinski definition) is 2. The van der Waals surface area contributed by atoms with E-state index >= 15 is 0 Å². The van der Waals surface area contributed by atoms with Gasteiger partial charge in [0, 0.05) is 0 Å². The summed E-state index contributed by atoms with van der Waals surface area (Å²) in [4.78, 5) is 11.1. The lowest BCUT2D eigenvalue weighted by Crippen LogP contribution is -2.37. The maximum Gasteiger partial charge on any atom is 0.306 e. The van der Waals surface area contributed by atoms with Gasteiger partial charge in [-0.1, -0.05) is 33.6 Å². The van der Waals surface area contributed by atoms with Gasteiger partial charge in [0.2, 0.25) is 0 Å². The first kappa shape index (κ1) is 13.5. The van der Waals surface area contributed by atoms with Crippen molar-refractivity contribution in [3.05, 3.63) is 0 Å². The van der Waals surface area contributed by atoms with Crippen molar-refractivity contribution < 1.29 is 9.90 Å². The van der Waals surface area contributed by atoms with E-state index in [0.29, 0.717) is 5.92 Å². The SMILES string of the molecule is CC(C)(C)CNCC1CCCCC1C(=O)O. The highest BCUT2D eigenvalue weighted by molar-refractivity contribution is 5.70. The molecule has 0 bridgehead atoms. The maximum absolute atomic E-state index is 11.1. The van der Waals surface area contributed by atoms with E-state index in [1.165, 1.54) is 6.42 Å². The van der Waals surface area contributed by atoms with Crippen molar-refractivity contribution >= 4 is 5.97 Å². The Labute approximate surface area is 98.6 Å². The fourth-order valence-corrected chi connectivity index (χ4v) is 2.41. The largest absolute Gasteiger partial charge is 0.481 e. The average Bonchev–Trinajstić information content (AvgIpc) is 2.16. The Balaban J connectivity index is 2.36. The molecule has 0 radical (unpaired) electrons. The Morgan fingerprint density at radius 3 is 2.50 bits per heavy atom. The second-order valence-corrected chi connectivity index (χ2v) is 6.18. The fourth-order valence-electron chi connectivity index (χ4n) is 2.41. The van der Waals surface area contributed by atoms with Crippen LogP contribution in [0.4, 0.5) is 0 Å². The molecule has 0 amide bonds. The van der Waals surface area contributed by atoms with Gasteiger partial charge in [0.1, 0.15) is 0 Å². The molecule has 0 aromatic rings. The minimum Gasteiger partial charge on any atom is -0.481 e. The van der Waals surface area contributed by atoms with Gasteiger partial charge in [-0.2, -0.15) is 0 Å². The first-order valence-electron chi connectivity index (χ1n) is 6.34. The van der Waals surface area contributed by atoms with Gasteiger partial charge in [-0.25, -0.2) is 0 Å². The Morgan fingerprint density at radius 2 is 1.94 bits per heavy atom. The number of hydrogen-bond acceptors (Lipinski definition) is 2. The highest BCUT2D eigenvalue weighted by Crippen LogP contribution is 2.29. The average molecular weight is 227 g/mol. The number of nitrogens with one attached hydrogen (secondary N) is 1. The van der Waals surface area contributed by atoms with Crippen molar-refractivity contribution in [1.82, 2.24) is 5.32 Å². The van der Waals surface area contributed by atoms with E-state index in [9.17, 15) is 4.79 Å². The van der Waals surface area contributed by atoms with E-state index in [2.05, 4.69) is 26.1 Å². The van der Waals surface area contributed by atoms with Crippen LogP contribution in [-0.2, 0) is 4.79 Å². The lowest BCUT2D eigenvalue weighted by molar-refractivity contribution is -0.144. The predicted molar refractivity (Wildman–Crippen MR) is 65.4 cm³/mol. The van der Waals surface area contributed by atoms with Gasteiger partial charge >= 0.3 is 5.97 Å². The van der Waals surface area contributed by atoms with Crippen molar-refractivity contribution in [1.29, 1.82) is 0 Å². The van der Waals surface area contributed by atoms with E-state index in [1.54, 1.807) is 0 Å². The van der Waals surface area contributed by atoms with E-state index < -0.39 is 5.97 Å². The van der Waals surface area contributed by atoms with Crippen LogP contribution < -0.4 is 5.32 Å². The van der Waals surface area contributed by atoms with Gasteiger partial charge < -0.3 is 10.4 Å². The van der Waals surface area contributed by atoms with Crippen LogP contribution in [0.2, 0.25) is 0 Å². The molecule has 0 aromatic carbocycles. The number of carboxylic acids is 1. The summed E-state index contributed by atoms with van der Waals surface area (Å²) in [5.74, 6) is -0.405. The van der Waals surface area contributed by atoms with Crippen LogP contribution in [0, 0.1) is 17.3 Å². The summed E-state index contributed by atoms with van der Waals surface area (Å²) in [5, 5.41) is 12.6. The molecular formula is C13H25NO2. The van der Waals surface area contributed by atoms with Gasteiger partial charge in [0.15, 0.2) is 0 Å². The van der Waals surface area contributed by atoms with Gasteiger partial charge in [0.05, 0.1) is 5.92 Å². The summed E-state index contributed by atoms with van der Waals surface area (Å²) in [6, 6.07) is 0. The fraction of sp³-hybridized carbons (Fsp3) is 0.923. The van der Waals surface area contributed by atoms with E-state index in [1.807, 2.05) is 0 Å². The second kappa shape index (κ2) is 5.67. The first-order valence-corrected chi connectivity index (χ1v) is 6.34. The molecule has 3 nitrogen and oxygen atoms in total. The third-order valence-electron chi connectivity index (χ3n) is 3.29. The predicted octanol–water partition coefficient (Wildman–Crippen LogP) is 2.51. The van der Waals surface area contributed by atoms with Crippen molar-refractivity contribution in [3.8, 4) is 0 Å². The monoisotopic (exact) mass is 227 g/mol. The lowest BCUT2D eigenvalue weighted by atomic mass is 9.79. The minimum atomic E-state index is -0.609. The standard InChI is InChI=1S/C13H25NO2/c1-13(2,3)9-14-8-10-6-4-5-7-11(10)12(15)16/h10-11,14H,4-9H2,1-3H3,(H,15,16). The molecule has 1 fully saturated rings. The molecule has 0 aliphatic heterocycles. The summed E-state index contributed by atoms with van der Waals surface area (Å²) in [5.41, 5.74) is 0.271. The van der Waals surface area contributed by atoms with Crippen molar-refractivity contribution in [2.45, 2.75) is 46.5 Å². The molecule has 1 aliphatic rings. The Morgan fingerprint density at radius 1 is 1.31 bits per heavy atom. The summed E-state index contributed by atoms with van der Waals surface area (Å²) in [6.45, 7) is 8.38. The number of carboxylic acid groups (broad SMARTS) is 1. The third-order valence-corrected chi connectivity index (χ3v) is 3.29. The van der Waals surface area contributed by atoms with Crippen LogP contribution in [0.3, 0.4) is 0 Å². The van der Waals surface area contributed by atoms with Crippen LogP contribution in [0.25, 0.3) is 0 Å². The van der Waals surface area contributed by atoms with Crippen molar-refractivity contribution in [3.63, 3.8) is 0 Å². The van der Waals surface area contributed by atoms with Gasteiger partial charge in [-0.15, -0.1) is 0 Å². The normalized spacial score (nSPS) is 26.7. The minimum absolute atomic E-state index is 0.124. The molecule has 94 valence electrons. The molecule has 16 heavy (non-hydrogen) atoms. The molecule has 2 atom stereocenters. The Bertz CT molecular complexity index is 233. The topological polar surface area (TPSA) is 49.3 Å². The lowest BCUT2D eigenvalue weighted by Gasteiger charge is -2.30. The van der Waals surface area contributed by atoms with Crippen LogP contribution in [0.15, 0.2) is 0 Å². The summed E-state index contributed by atoms with van der Waals surface area (Å²) < 4.78 is 0. The molecule has 2 N–H and O–H groups in total. The van der Waals surface area contributed by atoms with E-state index in [-0.39, 0.29) is 11.3 Å². The van der Waals surface area contributed by atoms with Crippen LogP contribution >= 0.6 is 0 Å². The molecule has 3 heteroatoms. The smallest absolute Gasteiger partial charge is 0.306 e. The van der Waals surface area contributed by atoms with Crippen molar-refractivity contribution in [2.24, 2.45) is 17.3 Å². The highest BCUT2D eigenvalue weighted by atomic mass is 16.4. The molecule has 1 saturated carbocycles. The zero-order chi connectivity index (χ0) is 12.2. The summed E-state index contributed by atoms with van der Waals surface area (Å²) in [7, 11) is 0. The first-order chi connectivity index (χ1) is 7.40. The zero-order valence-corrected chi connectivity index (χ0v) is 10.8. The van der Waals surface area contributed by atoms with Crippen molar-refractivity contribution in [2.75, 3.05) is 13.1 Å². The quantitative estimate of drug-likeness (QED) is 0.776. The number of aliphatic carboxylic acids is 1. The molecule has 0 spiro atoms. The molecular weight excluding hydrogens is 202 g/mol. The maximum atomic E-state index is 11.1. The number of rotatable bonds is 4. The van der Waals surface area contributed by atoms with E-state index in [4.69, 9.17) is 5.11 Å². The van der Waals surface area contributed by atoms with Crippen LogP contribution in [-0.4, -0.2) is 24.2 Å². The van der Waals surface area contributed by atoms with Gasteiger partial charge in [0.25, 0.3) is 0 Å². The molecule has 0 saturated heterocycles. The van der Waals surface area contributed by atoms with Crippen LogP contribution in [0.1, 0.15) is 46.5 Å². The Kier molecular flexibility index (Phi) is 4.78. The summed E-state index contributed by atoms with van der Waals surface area (Å²) in [6.07, 6.45) is 4.18. The molecule has 0 heterocycles. The molecule has 1 aliphatic carbocycles. The van der Waals surface area contributed by atoms with E-state index in [0.717, 1.165) is 32.4 Å². The third kappa shape index (κ3) is 4.52. The highest BCUT2D eigenvalue weighted by Gasteiger charge is 2.30. The second-order valence-electron chi connectivity index (χ2n) is 6.18. The zero-order valence-electron chi connectivity index (χ0n) is 10.8. The van der Waals surface area contributed by atoms with Gasteiger partial charge in [-0.3, -0.25) is 4.79 Å². The molecule has 1 rings (SSSR count). The molecule has 0 aromatic heterocycles. The Hall–Kier alpha value is -0.570. The van der Waals surface area contributed by atoms with Crippen LogP contribution in [0.5, 0.6) is 0 Å². The number of carbonyl (C=O) groups is 1. The van der Waals surface area contributed by atoms with Gasteiger partial charge in [-0.05, 0) is 37.3 Å². The summed E-state index contributed by atoms with van der Waals surface area (Å²) >= 11 is 0. The molecule has 2 unspecified atom stereocenters.